The lowest BCUT2D eigenvalue weighted by Crippen LogP contribution is -2.46. The molecule has 0 saturated carbocycles. The summed E-state index contributed by atoms with van der Waals surface area (Å²) in [5.41, 5.74) is 0. The van der Waals surface area contributed by atoms with E-state index < -0.39 is 10.0 Å². The maximum absolute atomic E-state index is 11.9. The van der Waals surface area contributed by atoms with E-state index in [9.17, 15) is 13.2 Å². The summed E-state index contributed by atoms with van der Waals surface area (Å²) < 4.78 is 24.3. The number of nitrogens with zero attached hydrogens (tertiary/aromatic N) is 1. The van der Waals surface area contributed by atoms with Crippen LogP contribution in [0.3, 0.4) is 0 Å². The van der Waals surface area contributed by atoms with Gasteiger partial charge < -0.3 is 5.32 Å². The highest BCUT2D eigenvalue weighted by Crippen LogP contribution is 2.20. The molecule has 0 bridgehead atoms. The molecule has 1 fully saturated rings. The molecule has 1 N–H and O–H groups in total. The minimum absolute atomic E-state index is 0.0299. The molecule has 0 unspecified atom stereocenters. The first-order chi connectivity index (χ1) is 10.3. The van der Waals surface area contributed by atoms with Crippen molar-refractivity contribution in [1.82, 2.24) is 9.62 Å². The molecule has 0 spiro atoms. The lowest BCUT2D eigenvalue weighted by atomic mass is 10.1. The fourth-order valence-corrected chi connectivity index (χ4v) is 3.99. The number of nitrogens with one attached hydrogen (secondary N) is 1. The van der Waals surface area contributed by atoms with Crippen LogP contribution < -0.4 is 5.32 Å². The summed E-state index contributed by atoms with van der Waals surface area (Å²) >= 11 is 7.27. The van der Waals surface area contributed by atoms with Gasteiger partial charge in [-0.15, -0.1) is 11.8 Å². The fourth-order valence-electron chi connectivity index (χ4n) is 2.28. The third-order valence-corrected chi connectivity index (χ3v) is 6.04. The summed E-state index contributed by atoms with van der Waals surface area (Å²) in [7, 11) is -3.12. The number of thioether (sulfide) groups is 1. The van der Waals surface area contributed by atoms with Crippen molar-refractivity contribution in [1.29, 1.82) is 0 Å². The molecule has 1 saturated heterocycles. The Morgan fingerprint density at radius 2 is 1.91 bits per heavy atom. The predicted molar refractivity (Wildman–Crippen MR) is 89.8 cm³/mol. The van der Waals surface area contributed by atoms with E-state index in [0.717, 1.165) is 4.90 Å². The molecule has 0 aliphatic carbocycles. The normalized spacial score (nSPS) is 17.4. The standard InChI is InChI=1S/C14H19ClN2O3S2/c1-22(19,20)17-8-6-12(7-9-17)16-14(18)10-21-13-4-2-11(15)3-5-13/h2-5,12H,6-10H2,1H3,(H,16,18). The number of halogens is 1. The quantitative estimate of drug-likeness (QED) is 0.813. The second-order valence-electron chi connectivity index (χ2n) is 5.25. The maximum atomic E-state index is 11.9. The van der Waals surface area contributed by atoms with Crippen molar-refractivity contribution in [3.63, 3.8) is 0 Å². The zero-order chi connectivity index (χ0) is 16.2. The van der Waals surface area contributed by atoms with Gasteiger partial charge in [0.15, 0.2) is 0 Å². The molecule has 0 atom stereocenters. The van der Waals surface area contributed by atoms with Crippen LogP contribution in [0.25, 0.3) is 0 Å². The monoisotopic (exact) mass is 362 g/mol. The van der Waals surface area contributed by atoms with Gasteiger partial charge in [-0.3, -0.25) is 4.79 Å². The Kier molecular flexibility index (Phi) is 6.14. The van der Waals surface area contributed by atoms with Gasteiger partial charge in [0.2, 0.25) is 15.9 Å². The third kappa shape index (κ3) is 5.46. The first-order valence-electron chi connectivity index (χ1n) is 6.97. The minimum Gasteiger partial charge on any atom is -0.353 e. The molecule has 8 heteroatoms. The van der Waals surface area contributed by atoms with Gasteiger partial charge in [-0.1, -0.05) is 11.6 Å². The molecule has 1 aliphatic rings. The number of hydrogen-bond acceptors (Lipinski definition) is 4. The van der Waals surface area contributed by atoms with Crippen molar-refractivity contribution >= 4 is 39.3 Å². The molecule has 122 valence electrons. The van der Waals surface area contributed by atoms with Gasteiger partial charge in [0.25, 0.3) is 0 Å². The Labute approximate surface area is 140 Å². The van der Waals surface area contributed by atoms with E-state index in [4.69, 9.17) is 11.6 Å². The number of carbonyl (C=O) groups excluding carboxylic acids is 1. The minimum atomic E-state index is -3.12. The van der Waals surface area contributed by atoms with Gasteiger partial charge in [-0.25, -0.2) is 12.7 Å². The number of sulfonamides is 1. The van der Waals surface area contributed by atoms with E-state index in [1.54, 1.807) is 12.1 Å². The van der Waals surface area contributed by atoms with Gasteiger partial charge in [0, 0.05) is 29.0 Å². The van der Waals surface area contributed by atoms with Gasteiger partial charge in [-0.05, 0) is 37.1 Å². The first kappa shape index (κ1) is 17.6. The highest BCUT2D eigenvalue weighted by atomic mass is 35.5. The zero-order valence-electron chi connectivity index (χ0n) is 12.3. The number of carbonyl (C=O) groups is 1. The number of piperidine rings is 1. The van der Waals surface area contributed by atoms with E-state index in [0.29, 0.717) is 36.7 Å². The van der Waals surface area contributed by atoms with E-state index >= 15 is 0 Å². The van der Waals surface area contributed by atoms with E-state index in [2.05, 4.69) is 5.32 Å². The second kappa shape index (κ2) is 7.68. The smallest absolute Gasteiger partial charge is 0.230 e. The fraction of sp³-hybridized carbons (Fsp3) is 0.500. The molecule has 1 aromatic rings. The van der Waals surface area contributed by atoms with E-state index in [-0.39, 0.29) is 11.9 Å². The molecule has 5 nitrogen and oxygen atoms in total. The average molecular weight is 363 g/mol. The summed E-state index contributed by atoms with van der Waals surface area (Å²) in [4.78, 5) is 12.9. The molecule has 22 heavy (non-hydrogen) atoms. The molecule has 1 aromatic carbocycles. The van der Waals surface area contributed by atoms with Crippen LogP contribution in [0.1, 0.15) is 12.8 Å². The molecular weight excluding hydrogens is 344 g/mol. The van der Waals surface area contributed by atoms with Gasteiger partial charge >= 0.3 is 0 Å². The molecular formula is C14H19ClN2O3S2. The van der Waals surface area contributed by atoms with Crippen LogP contribution in [-0.4, -0.2) is 49.8 Å². The highest BCUT2D eigenvalue weighted by Gasteiger charge is 2.25. The number of hydrogen-bond donors (Lipinski definition) is 1. The Morgan fingerprint density at radius 3 is 2.45 bits per heavy atom. The number of rotatable bonds is 5. The second-order valence-corrected chi connectivity index (χ2v) is 8.71. The van der Waals surface area contributed by atoms with Gasteiger partial charge in [0.1, 0.15) is 0 Å². The van der Waals surface area contributed by atoms with Crippen LogP contribution >= 0.6 is 23.4 Å². The maximum Gasteiger partial charge on any atom is 0.230 e. The van der Waals surface area contributed by atoms with Crippen LogP contribution in [0.4, 0.5) is 0 Å². The molecule has 1 heterocycles. The largest absolute Gasteiger partial charge is 0.353 e. The number of amides is 1. The third-order valence-electron chi connectivity index (χ3n) is 3.47. The molecule has 1 amide bonds. The van der Waals surface area contributed by atoms with Crippen LogP contribution in [0.2, 0.25) is 5.02 Å². The molecule has 1 aliphatic heterocycles. The van der Waals surface area contributed by atoms with Crippen LogP contribution in [-0.2, 0) is 14.8 Å². The predicted octanol–water partition coefficient (Wildman–Crippen LogP) is 1.97. The molecule has 0 aromatic heterocycles. The highest BCUT2D eigenvalue weighted by molar-refractivity contribution is 8.00. The van der Waals surface area contributed by atoms with Gasteiger partial charge in [-0.2, -0.15) is 0 Å². The Morgan fingerprint density at radius 1 is 1.32 bits per heavy atom. The Balaban J connectivity index is 1.73. The summed E-state index contributed by atoms with van der Waals surface area (Å²) in [6.45, 7) is 0.933. The van der Waals surface area contributed by atoms with Crippen molar-refractivity contribution in [2.75, 3.05) is 25.1 Å². The first-order valence-corrected chi connectivity index (χ1v) is 10.2. The lowest BCUT2D eigenvalue weighted by molar-refractivity contribution is -0.119. The average Bonchev–Trinajstić information content (AvgIpc) is 2.46. The van der Waals surface area contributed by atoms with E-state index in [1.807, 2.05) is 12.1 Å². The Hall–Kier alpha value is -0.760. The Bertz CT molecular complexity index is 611. The van der Waals surface area contributed by atoms with Crippen LogP contribution in [0, 0.1) is 0 Å². The van der Waals surface area contributed by atoms with Crippen molar-refractivity contribution < 1.29 is 13.2 Å². The summed E-state index contributed by atoms with van der Waals surface area (Å²) in [6, 6.07) is 7.40. The molecule has 0 radical (unpaired) electrons. The summed E-state index contributed by atoms with van der Waals surface area (Å²) in [5.74, 6) is 0.311. The SMILES string of the molecule is CS(=O)(=O)N1CCC(NC(=O)CSc2ccc(Cl)cc2)CC1. The van der Waals surface area contributed by atoms with Gasteiger partial charge in [0.05, 0.1) is 12.0 Å². The van der Waals surface area contributed by atoms with Crippen molar-refractivity contribution in [3.05, 3.63) is 29.3 Å². The topological polar surface area (TPSA) is 66.5 Å². The summed E-state index contributed by atoms with van der Waals surface area (Å²) in [5, 5.41) is 3.64. The molecule has 2 rings (SSSR count). The lowest BCUT2D eigenvalue weighted by Gasteiger charge is -2.30. The summed E-state index contributed by atoms with van der Waals surface area (Å²) in [6.07, 6.45) is 2.53. The van der Waals surface area contributed by atoms with E-state index in [1.165, 1.54) is 22.3 Å². The van der Waals surface area contributed by atoms with Crippen molar-refractivity contribution in [3.8, 4) is 0 Å². The van der Waals surface area contributed by atoms with Crippen molar-refractivity contribution in [2.24, 2.45) is 0 Å². The van der Waals surface area contributed by atoms with Crippen LogP contribution in [0.15, 0.2) is 29.2 Å². The van der Waals surface area contributed by atoms with Crippen LogP contribution in [0.5, 0.6) is 0 Å². The zero-order valence-corrected chi connectivity index (χ0v) is 14.7. The van der Waals surface area contributed by atoms with Crippen molar-refractivity contribution in [2.45, 2.75) is 23.8 Å². The number of benzene rings is 1.